The molecule has 3 aromatic rings. The van der Waals surface area contributed by atoms with E-state index in [1.54, 1.807) is 20.8 Å². The maximum atomic E-state index is 13.5. The van der Waals surface area contributed by atoms with Gasteiger partial charge in [0.05, 0.1) is 28.4 Å². The number of hydrogen-bond donors (Lipinski definition) is 3. The number of carbonyl (C=O) groups is 2. The molecule has 0 unspecified atom stereocenters. The first-order chi connectivity index (χ1) is 18.1. The molecular formula is C28H33ClN4O5. The van der Waals surface area contributed by atoms with E-state index in [4.69, 9.17) is 16.3 Å². The number of piperazine rings is 1. The lowest BCUT2D eigenvalue weighted by Gasteiger charge is -2.34. The summed E-state index contributed by atoms with van der Waals surface area (Å²) in [5.74, 6) is -0.460. The number of carbonyl (C=O) groups excluding carboxylic acids is 2. The zero-order valence-corrected chi connectivity index (χ0v) is 22.6. The van der Waals surface area contributed by atoms with Crippen molar-refractivity contribution in [3.05, 3.63) is 52.0 Å². The Morgan fingerprint density at radius 1 is 1.11 bits per heavy atom. The van der Waals surface area contributed by atoms with Crippen LogP contribution in [-0.4, -0.2) is 81.5 Å². The van der Waals surface area contributed by atoms with E-state index in [1.807, 2.05) is 18.2 Å². The van der Waals surface area contributed by atoms with Gasteiger partial charge in [-0.15, -0.1) is 0 Å². The Balaban J connectivity index is 1.57. The summed E-state index contributed by atoms with van der Waals surface area (Å²) >= 11 is 6.31. The van der Waals surface area contributed by atoms with E-state index >= 15 is 0 Å². The summed E-state index contributed by atoms with van der Waals surface area (Å²) in [6, 6.07) is 9.25. The number of nitrogens with zero attached hydrogens (tertiary/aromatic N) is 3. The average Bonchev–Trinajstić information content (AvgIpc) is 3.42. The smallest absolute Gasteiger partial charge is 0.419 e. The molecule has 3 heterocycles. The molecule has 38 heavy (non-hydrogen) atoms. The predicted molar refractivity (Wildman–Crippen MR) is 146 cm³/mol. The summed E-state index contributed by atoms with van der Waals surface area (Å²) in [5, 5.41) is 23.5. The molecule has 202 valence electrons. The molecule has 10 heteroatoms. The topological polar surface area (TPSA) is 107 Å². The van der Waals surface area contributed by atoms with E-state index in [0.717, 1.165) is 43.7 Å². The minimum absolute atomic E-state index is 0.128. The van der Waals surface area contributed by atoms with E-state index in [9.17, 15) is 19.8 Å². The third-order valence-corrected chi connectivity index (χ3v) is 7.42. The summed E-state index contributed by atoms with van der Waals surface area (Å²) in [5.41, 5.74) is 2.74. The minimum Gasteiger partial charge on any atom is -0.506 e. The first kappa shape index (κ1) is 26.5. The van der Waals surface area contributed by atoms with E-state index < -0.39 is 11.7 Å². The zero-order chi connectivity index (χ0) is 27.2. The van der Waals surface area contributed by atoms with Crippen LogP contribution in [0.4, 0.5) is 4.79 Å². The molecule has 0 aliphatic carbocycles. The number of rotatable bonds is 5. The molecule has 0 atom stereocenters. The second kappa shape index (κ2) is 10.2. The highest BCUT2D eigenvalue weighted by Crippen LogP contribution is 2.41. The van der Waals surface area contributed by atoms with Gasteiger partial charge in [0, 0.05) is 62.3 Å². The maximum Gasteiger partial charge on any atom is 0.419 e. The molecule has 1 fully saturated rings. The van der Waals surface area contributed by atoms with Crippen molar-refractivity contribution in [2.24, 2.45) is 0 Å². The number of nitrogens with one attached hydrogen (secondary N) is 1. The second-order valence-corrected chi connectivity index (χ2v) is 11.3. The van der Waals surface area contributed by atoms with Crippen LogP contribution in [0.1, 0.15) is 42.3 Å². The number of hydrogen-bond acceptors (Lipinski definition) is 7. The van der Waals surface area contributed by atoms with E-state index in [-0.39, 0.29) is 29.8 Å². The van der Waals surface area contributed by atoms with Crippen LogP contribution in [0.3, 0.4) is 0 Å². The number of aliphatic hydroxyl groups excluding tert-OH is 1. The van der Waals surface area contributed by atoms with E-state index in [2.05, 4.69) is 21.2 Å². The molecule has 2 aliphatic rings. The summed E-state index contributed by atoms with van der Waals surface area (Å²) in [4.78, 5) is 30.9. The average molecular weight is 541 g/mol. The van der Waals surface area contributed by atoms with Gasteiger partial charge in [0.1, 0.15) is 11.4 Å². The molecule has 0 saturated carbocycles. The maximum absolute atomic E-state index is 13.5. The molecule has 0 radical (unpaired) electrons. The van der Waals surface area contributed by atoms with Crippen molar-refractivity contribution in [3.8, 4) is 17.0 Å². The highest BCUT2D eigenvalue weighted by molar-refractivity contribution is 6.34. The lowest BCUT2D eigenvalue weighted by atomic mass is 9.99. The number of β-amino-alcohol motifs (C(OH)–C–C–N with tert-alkyl or cyclic N) is 1. The Morgan fingerprint density at radius 3 is 2.50 bits per heavy atom. The number of ether oxygens (including phenoxy) is 1. The normalized spacial score (nSPS) is 16.6. The van der Waals surface area contributed by atoms with Crippen LogP contribution >= 0.6 is 11.6 Å². The predicted octanol–water partition coefficient (Wildman–Crippen LogP) is 3.80. The van der Waals surface area contributed by atoms with Gasteiger partial charge in [-0.2, -0.15) is 0 Å². The van der Waals surface area contributed by atoms with Gasteiger partial charge in [-0.1, -0.05) is 17.7 Å². The van der Waals surface area contributed by atoms with Gasteiger partial charge in [0.15, 0.2) is 0 Å². The third-order valence-electron chi connectivity index (χ3n) is 7.00. The zero-order valence-electron chi connectivity index (χ0n) is 21.9. The van der Waals surface area contributed by atoms with Crippen molar-refractivity contribution < 1.29 is 24.5 Å². The van der Waals surface area contributed by atoms with Crippen molar-refractivity contribution in [1.29, 1.82) is 0 Å². The highest BCUT2D eigenvalue weighted by Gasteiger charge is 2.31. The van der Waals surface area contributed by atoms with Crippen LogP contribution < -0.4 is 5.32 Å². The van der Waals surface area contributed by atoms with Gasteiger partial charge in [-0.3, -0.25) is 14.6 Å². The molecule has 9 nitrogen and oxygen atoms in total. The summed E-state index contributed by atoms with van der Waals surface area (Å²) in [7, 11) is 0. The van der Waals surface area contributed by atoms with Crippen LogP contribution in [0.25, 0.3) is 22.2 Å². The van der Waals surface area contributed by atoms with Gasteiger partial charge in [0.25, 0.3) is 5.91 Å². The van der Waals surface area contributed by atoms with Crippen molar-refractivity contribution >= 4 is 34.5 Å². The number of fused-ring (bicyclic) bond motifs is 2. The first-order valence-electron chi connectivity index (χ1n) is 12.8. The van der Waals surface area contributed by atoms with Gasteiger partial charge in [-0.25, -0.2) is 9.36 Å². The van der Waals surface area contributed by atoms with E-state index in [0.29, 0.717) is 34.4 Å². The number of phenols is 1. The number of benzene rings is 2. The number of aliphatic hydroxyl groups is 1. The number of aromatic hydroxyl groups is 1. The first-order valence-corrected chi connectivity index (χ1v) is 13.2. The van der Waals surface area contributed by atoms with Crippen molar-refractivity contribution in [1.82, 2.24) is 19.7 Å². The number of aromatic nitrogens is 1. The number of amides is 1. The summed E-state index contributed by atoms with van der Waals surface area (Å²) < 4.78 is 7.20. The van der Waals surface area contributed by atoms with Crippen molar-refractivity contribution in [2.45, 2.75) is 39.5 Å². The summed E-state index contributed by atoms with van der Waals surface area (Å²) in [6.45, 7) is 10.9. The highest BCUT2D eigenvalue weighted by atomic mass is 35.5. The third kappa shape index (κ3) is 5.11. The van der Waals surface area contributed by atoms with Crippen LogP contribution in [0.5, 0.6) is 5.75 Å². The van der Waals surface area contributed by atoms with Crippen LogP contribution in [-0.2, 0) is 17.8 Å². The molecule has 2 aromatic carbocycles. The molecule has 1 aromatic heterocycles. The van der Waals surface area contributed by atoms with Gasteiger partial charge in [-0.05, 0) is 50.6 Å². The van der Waals surface area contributed by atoms with Crippen LogP contribution in [0.15, 0.2) is 30.3 Å². The van der Waals surface area contributed by atoms with Crippen LogP contribution in [0.2, 0.25) is 5.02 Å². The molecule has 5 rings (SSSR count). The molecule has 3 N–H and O–H groups in total. The lowest BCUT2D eigenvalue weighted by molar-refractivity contribution is 0.0546. The fraction of sp³-hybridized carbons (Fsp3) is 0.429. The quantitative estimate of drug-likeness (QED) is 0.452. The van der Waals surface area contributed by atoms with Gasteiger partial charge >= 0.3 is 6.09 Å². The Hall–Kier alpha value is -3.11. The largest absolute Gasteiger partial charge is 0.506 e. The standard InChI is InChI=1S/C28H33ClN4O5/c1-28(2,3)38-27(37)33-21-5-4-17(16-32-8-6-31(7-9-32)10-11-34)12-18(21)13-22(33)19-14-23(35)25(29)20-15-30-26(36)24(19)20/h4-5,12-14,34-35H,6-11,15-16H2,1-3H3,(H,30,36). The van der Waals surface area contributed by atoms with Crippen LogP contribution in [0, 0.1) is 0 Å². The van der Waals surface area contributed by atoms with Gasteiger partial charge < -0.3 is 20.3 Å². The molecule has 0 bridgehead atoms. The Labute approximate surface area is 226 Å². The molecular weight excluding hydrogens is 508 g/mol. The van der Waals surface area contributed by atoms with Crippen molar-refractivity contribution in [2.75, 3.05) is 39.3 Å². The Kier molecular flexibility index (Phi) is 7.13. The monoisotopic (exact) mass is 540 g/mol. The SMILES string of the molecule is CC(C)(C)OC(=O)n1c(-c2cc(O)c(Cl)c3c2C(=O)NC3)cc2cc(CN3CCN(CCO)CC3)ccc21. The van der Waals surface area contributed by atoms with E-state index in [1.165, 1.54) is 10.6 Å². The molecule has 0 spiro atoms. The number of halogens is 1. The fourth-order valence-corrected chi connectivity index (χ4v) is 5.44. The molecule has 1 amide bonds. The Bertz CT molecular complexity index is 1400. The fourth-order valence-electron chi connectivity index (χ4n) is 5.22. The molecule has 2 aliphatic heterocycles. The second-order valence-electron chi connectivity index (χ2n) is 10.9. The summed E-state index contributed by atoms with van der Waals surface area (Å²) in [6.07, 6.45) is -0.572. The van der Waals surface area contributed by atoms with Gasteiger partial charge in [0.2, 0.25) is 0 Å². The Morgan fingerprint density at radius 2 is 1.82 bits per heavy atom. The minimum atomic E-state index is -0.732. The molecule has 1 saturated heterocycles. The lowest BCUT2D eigenvalue weighted by Crippen LogP contribution is -2.46. The van der Waals surface area contributed by atoms with Crippen molar-refractivity contribution in [3.63, 3.8) is 0 Å². The number of phenolic OH excluding ortho intramolecular Hbond substituents is 1.